The molecule has 5 nitrogen and oxygen atoms in total. The number of amides is 1. The summed E-state index contributed by atoms with van der Waals surface area (Å²) in [6, 6.07) is 38.2. The van der Waals surface area contributed by atoms with Gasteiger partial charge in [-0.1, -0.05) is 103 Å². The number of hydrogen-bond acceptors (Lipinski definition) is 4. The molecule has 1 aliphatic rings. The second-order valence-corrected chi connectivity index (χ2v) is 9.20. The standard InChI is InChI=1S/C32H25N3O2/c1-22(36)35-32(2,26-19-17-24(18-20-26)23-11-5-3-6-12-23)37-31(34-35)28-21-30(25-13-7-4-8-14-25)33-29-16-10-9-15-27(28)29/h3-21H,1-2H3/t32-/m1/s1. The molecular weight excluding hydrogens is 458 g/mol. The Kier molecular flexibility index (Phi) is 5.53. The fraction of sp³-hybridized carbons (Fsp3) is 0.0938. The summed E-state index contributed by atoms with van der Waals surface area (Å²) < 4.78 is 6.57. The van der Waals surface area contributed by atoms with Crippen LogP contribution in [0.2, 0.25) is 0 Å². The van der Waals surface area contributed by atoms with Gasteiger partial charge in [0.1, 0.15) is 0 Å². The third-order valence-electron chi connectivity index (χ3n) is 6.73. The van der Waals surface area contributed by atoms with Gasteiger partial charge in [0.25, 0.3) is 0 Å². The first-order valence-corrected chi connectivity index (χ1v) is 12.2. The minimum absolute atomic E-state index is 0.203. The number of hydrogen-bond donors (Lipinski definition) is 0. The number of benzene rings is 4. The van der Waals surface area contributed by atoms with Gasteiger partial charge in [0.2, 0.25) is 17.5 Å². The van der Waals surface area contributed by atoms with Crippen molar-refractivity contribution >= 4 is 22.7 Å². The first kappa shape index (κ1) is 22.7. The maximum Gasteiger partial charge on any atom is 0.243 e. The van der Waals surface area contributed by atoms with Crippen LogP contribution in [0.4, 0.5) is 0 Å². The first-order valence-electron chi connectivity index (χ1n) is 12.2. The Hall–Kier alpha value is -4.77. The molecule has 180 valence electrons. The molecule has 1 amide bonds. The number of carbonyl (C=O) groups excluding carboxylic acids is 1. The lowest BCUT2D eigenvalue weighted by atomic mass is 9.99. The predicted octanol–water partition coefficient (Wildman–Crippen LogP) is 6.98. The van der Waals surface area contributed by atoms with Crippen molar-refractivity contribution in [1.82, 2.24) is 9.99 Å². The number of nitrogens with zero attached hydrogens (tertiary/aromatic N) is 3. The summed E-state index contributed by atoms with van der Waals surface area (Å²) in [5.74, 6) is 0.187. The fourth-order valence-corrected chi connectivity index (χ4v) is 4.81. The van der Waals surface area contributed by atoms with Gasteiger partial charge in [0.15, 0.2) is 0 Å². The van der Waals surface area contributed by atoms with Gasteiger partial charge in [-0.15, -0.1) is 5.10 Å². The van der Waals surface area contributed by atoms with Crippen molar-refractivity contribution in [2.24, 2.45) is 5.10 Å². The van der Waals surface area contributed by atoms with Crippen LogP contribution in [-0.4, -0.2) is 21.8 Å². The molecule has 5 heteroatoms. The van der Waals surface area contributed by atoms with Crippen molar-refractivity contribution in [3.63, 3.8) is 0 Å². The number of aromatic nitrogens is 1. The van der Waals surface area contributed by atoms with Gasteiger partial charge < -0.3 is 4.74 Å². The molecule has 2 heterocycles. The van der Waals surface area contributed by atoms with E-state index in [1.54, 1.807) is 0 Å². The number of ether oxygens (including phenoxy) is 1. The van der Waals surface area contributed by atoms with Crippen LogP contribution in [0.1, 0.15) is 25.0 Å². The summed E-state index contributed by atoms with van der Waals surface area (Å²) in [5.41, 5.74) is 5.40. The van der Waals surface area contributed by atoms with E-state index in [1.807, 2.05) is 110 Å². The van der Waals surface area contributed by atoms with Gasteiger partial charge in [-0.05, 0) is 23.3 Å². The quantitative estimate of drug-likeness (QED) is 0.277. The summed E-state index contributed by atoms with van der Waals surface area (Å²) in [6.07, 6.45) is 0. The molecule has 5 aromatic rings. The van der Waals surface area contributed by atoms with Crippen molar-refractivity contribution < 1.29 is 9.53 Å². The molecule has 1 aromatic heterocycles. The molecule has 0 fully saturated rings. The molecule has 0 saturated carbocycles. The Morgan fingerprint density at radius 1 is 0.757 bits per heavy atom. The largest absolute Gasteiger partial charge is 0.443 e. The van der Waals surface area contributed by atoms with Gasteiger partial charge in [-0.3, -0.25) is 4.79 Å². The minimum atomic E-state index is -1.09. The first-order chi connectivity index (χ1) is 18.0. The van der Waals surface area contributed by atoms with Gasteiger partial charge >= 0.3 is 0 Å². The lowest BCUT2D eigenvalue weighted by Crippen LogP contribution is -2.41. The number of pyridine rings is 1. The van der Waals surface area contributed by atoms with Crippen LogP contribution < -0.4 is 0 Å². The number of para-hydroxylation sites is 1. The molecule has 1 aliphatic heterocycles. The van der Waals surface area contributed by atoms with Crippen LogP contribution in [0.3, 0.4) is 0 Å². The van der Waals surface area contributed by atoms with E-state index < -0.39 is 5.72 Å². The summed E-state index contributed by atoms with van der Waals surface area (Å²) in [7, 11) is 0. The molecule has 0 spiro atoms. The molecule has 1 atom stereocenters. The highest BCUT2D eigenvalue weighted by Gasteiger charge is 2.45. The lowest BCUT2D eigenvalue weighted by Gasteiger charge is -2.31. The molecule has 37 heavy (non-hydrogen) atoms. The van der Waals surface area contributed by atoms with Crippen LogP contribution in [0, 0.1) is 0 Å². The minimum Gasteiger partial charge on any atom is -0.443 e. The molecule has 0 aliphatic carbocycles. The molecule has 0 radical (unpaired) electrons. The van der Waals surface area contributed by atoms with Gasteiger partial charge in [0, 0.05) is 35.9 Å². The second kappa shape index (κ2) is 9.03. The summed E-state index contributed by atoms with van der Waals surface area (Å²) in [4.78, 5) is 17.7. The predicted molar refractivity (Wildman–Crippen MR) is 147 cm³/mol. The van der Waals surface area contributed by atoms with E-state index in [1.165, 1.54) is 11.9 Å². The molecular formula is C32H25N3O2. The maximum atomic E-state index is 12.8. The van der Waals surface area contributed by atoms with Crippen LogP contribution in [-0.2, 0) is 15.3 Å². The summed E-state index contributed by atoms with van der Waals surface area (Å²) in [6.45, 7) is 3.39. The summed E-state index contributed by atoms with van der Waals surface area (Å²) >= 11 is 0. The maximum absolute atomic E-state index is 12.8. The topological polar surface area (TPSA) is 54.8 Å². The number of carbonyl (C=O) groups is 1. The molecule has 0 saturated heterocycles. The van der Waals surface area contributed by atoms with E-state index >= 15 is 0 Å². The van der Waals surface area contributed by atoms with Crippen molar-refractivity contribution in [3.8, 4) is 22.4 Å². The second-order valence-electron chi connectivity index (χ2n) is 9.20. The molecule has 0 bridgehead atoms. The number of hydrazone groups is 1. The van der Waals surface area contributed by atoms with E-state index in [-0.39, 0.29) is 5.91 Å². The number of rotatable bonds is 4. The van der Waals surface area contributed by atoms with Crippen LogP contribution >= 0.6 is 0 Å². The van der Waals surface area contributed by atoms with E-state index in [2.05, 4.69) is 12.1 Å². The SMILES string of the molecule is CC(=O)N1N=C(c2cc(-c3ccccc3)nc3ccccc23)O[C@]1(C)c1ccc(-c2ccccc2)cc1. The lowest BCUT2D eigenvalue weighted by molar-refractivity contribution is -0.146. The Labute approximate surface area is 215 Å². The van der Waals surface area contributed by atoms with Crippen molar-refractivity contribution in [3.05, 3.63) is 126 Å². The normalized spacial score (nSPS) is 16.9. The molecule has 0 N–H and O–H groups in total. The third kappa shape index (κ3) is 4.04. The summed E-state index contributed by atoms with van der Waals surface area (Å²) in [5, 5.41) is 7.04. The van der Waals surface area contributed by atoms with Crippen molar-refractivity contribution in [2.45, 2.75) is 19.6 Å². The smallest absolute Gasteiger partial charge is 0.243 e. The highest BCUT2D eigenvalue weighted by atomic mass is 16.6. The van der Waals surface area contributed by atoms with E-state index in [9.17, 15) is 4.79 Å². The highest BCUT2D eigenvalue weighted by molar-refractivity contribution is 6.08. The molecule has 6 rings (SSSR count). The van der Waals surface area contributed by atoms with Gasteiger partial charge in [-0.2, -0.15) is 5.01 Å². The Morgan fingerprint density at radius 2 is 1.35 bits per heavy atom. The highest BCUT2D eigenvalue weighted by Crippen LogP contribution is 2.39. The average molecular weight is 484 g/mol. The van der Waals surface area contributed by atoms with Gasteiger partial charge in [-0.25, -0.2) is 4.98 Å². The average Bonchev–Trinajstić information content (AvgIpc) is 3.32. The van der Waals surface area contributed by atoms with Crippen molar-refractivity contribution in [2.75, 3.05) is 0 Å². The van der Waals surface area contributed by atoms with E-state index in [0.717, 1.165) is 44.4 Å². The zero-order chi connectivity index (χ0) is 25.4. The van der Waals surface area contributed by atoms with Crippen LogP contribution in [0.5, 0.6) is 0 Å². The number of fused-ring (bicyclic) bond motifs is 1. The molecule has 0 unspecified atom stereocenters. The zero-order valence-corrected chi connectivity index (χ0v) is 20.6. The Balaban J connectivity index is 1.43. The Morgan fingerprint density at radius 3 is 2.03 bits per heavy atom. The zero-order valence-electron chi connectivity index (χ0n) is 20.6. The van der Waals surface area contributed by atoms with Crippen LogP contribution in [0.15, 0.2) is 120 Å². The Bertz CT molecular complexity index is 1630. The monoisotopic (exact) mass is 483 g/mol. The molecule has 4 aromatic carbocycles. The van der Waals surface area contributed by atoms with Crippen molar-refractivity contribution in [1.29, 1.82) is 0 Å². The van der Waals surface area contributed by atoms with E-state index in [4.69, 9.17) is 14.8 Å². The van der Waals surface area contributed by atoms with E-state index in [0.29, 0.717) is 5.90 Å². The van der Waals surface area contributed by atoms with Crippen LogP contribution in [0.25, 0.3) is 33.3 Å². The van der Waals surface area contributed by atoms with Gasteiger partial charge in [0.05, 0.1) is 11.2 Å². The fourth-order valence-electron chi connectivity index (χ4n) is 4.81. The third-order valence-corrected chi connectivity index (χ3v) is 6.73.